The van der Waals surface area contributed by atoms with E-state index in [-0.39, 0.29) is 17.9 Å². The number of rotatable bonds is 7. The van der Waals surface area contributed by atoms with Gasteiger partial charge in [-0.3, -0.25) is 4.79 Å². The third kappa shape index (κ3) is 4.03. The van der Waals surface area contributed by atoms with Crippen molar-refractivity contribution < 1.29 is 19.5 Å². The number of carbonyl (C=O) groups is 3. The van der Waals surface area contributed by atoms with Crippen LogP contribution in [0.15, 0.2) is 35.5 Å². The van der Waals surface area contributed by atoms with Crippen LogP contribution in [0.1, 0.15) is 44.1 Å². The van der Waals surface area contributed by atoms with Crippen molar-refractivity contribution in [3.8, 4) is 0 Å². The number of aldehydes is 1. The van der Waals surface area contributed by atoms with E-state index in [1.165, 1.54) is 4.90 Å². The van der Waals surface area contributed by atoms with E-state index < -0.39 is 11.9 Å². The minimum absolute atomic E-state index is 0.0939. The molecule has 24 heavy (non-hydrogen) atoms. The Hall–Kier alpha value is -2.14. The molecular formula is C18H20ClNO4. The first-order valence-corrected chi connectivity index (χ1v) is 8.27. The summed E-state index contributed by atoms with van der Waals surface area (Å²) in [6.45, 7) is 2.10. The first-order chi connectivity index (χ1) is 11.5. The van der Waals surface area contributed by atoms with Gasteiger partial charge in [-0.05, 0) is 37.5 Å². The Morgan fingerprint density at radius 1 is 1.33 bits per heavy atom. The van der Waals surface area contributed by atoms with Gasteiger partial charge >= 0.3 is 5.97 Å². The second-order valence-corrected chi connectivity index (χ2v) is 6.26. The minimum Gasteiger partial charge on any atom is -0.478 e. The van der Waals surface area contributed by atoms with Crippen molar-refractivity contribution in [3.63, 3.8) is 0 Å². The second-order valence-electron chi connectivity index (χ2n) is 5.82. The number of carboxylic acids is 1. The monoisotopic (exact) mass is 349 g/mol. The van der Waals surface area contributed by atoms with Crippen LogP contribution in [-0.4, -0.2) is 34.7 Å². The van der Waals surface area contributed by atoms with Crippen molar-refractivity contribution in [2.24, 2.45) is 0 Å². The molecule has 1 aromatic carbocycles. The maximum Gasteiger partial charge on any atom is 0.333 e. The van der Waals surface area contributed by atoms with E-state index in [4.69, 9.17) is 11.6 Å². The summed E-state index contributed by atoms with van der Waals surface area (Å²) in [5.74, 6) is -1.58. The largest absolute Gasteiger partial charge is 0.478 e. The smallest absolute Gasteiger partial charge is 0.333 e. The highest BCUT2D eigenvalue weighted by Gasteiger charge is 2.35. The van der Waals surface area contributed by atoms with E-state index in [1.54, 1.807) is 31.2 Å². The van der Waals surface area contributed by atoms with Crippen molar-refractivity contribution in [1.29, 1.82) is 0 Å². The zero-order valence-electron chi connectivity index (χ0n) is 13.5. The molecule has 1 N–H and O–H groups in total. The Kier molecular flexibility index (Phi) is 6.15. The number of unbranched alkanes of at least 4 members (excludes halogenated alkanes) is 2. The number of amides is 1. The van der Waals surface area contributed by atoms with Gasteiger partial charge in [0, 0.05) is 36.0 Å². The van der Waals surface area contributed by atoms with Crippen molar-refractivity contribution in [2.75, 3.05) is 6.54 Å². The number of aliphatic carboxylic acids is 1. The average Bonchev–Trinajstić information content (AvgIpc) is 2.53. The lowest BCUT2D eigenvalue weighted by Crippen LogP contribution is -2.38. The maximum atomic E-state index is 12.5. The molecule has 0 bridgehead atoms. The van der Waals surface area contributed by atoms with Crippen molar-refractivity contribution in [1.82, 2.24) is 4.90 Å². The molecule has 0 unspecified atom stereocenters. The fourth-order valence-electron chi connectivity index (χ4n) is 3.04. The maximum absolute atomic E-state index is 12.5. The molecule has 1 aliphatic heterocycles. The second kappa shape index (κ2) is 8.11. The molecule has 1 aromatic rings. The topological polar surface area (TPSA) is 74.7 Å². The SMILES string of the molecule is CC1=C(C(=O)O)[C@@H](c2ccc(Cl)cc2)CC(=O)N1CCCCC=O. The van der Waals surface area contributed by atoms with Gasteiger partial charge in [0.05, 0.1) is 5.57 Å². The van der Waals surface area contributed by atoms with Crippen LogP contribution < -0.4 is 0 Å². The Balaban J connectivity index is 2.30. The van der Waals surface area contributed by atoms with E-state index >= 15 is 0 Å². The fraction of sp³-hybridized carbons (Fsp3) is 0.389. The van der Waals surface area contributed by atoms with E-state index in [1.807, 2.05) is 0 Å². The summed E-state index contributed by atoms with van der Waals surface area (Å²) in [6, 6.07) is 6.91. The zero-order valence-corrected chi connectivity index (χ0v) is 14.3. The molecule has 6 heteroatoms. The molecule has 0 aromatic heterocycles. The molecule has 128 valence electrons. The molecule has 1 atom stereocenters. The van der Waals surface area contributed by atoms with Crippen molar-refractivity contribution in [3.05, 3.63) is 46.1 Å². The Morgan fingerprint density at radius 2 is 2.00 bits per heavy atom. The summed E-state index contributed by atoms with van der Waals surface area (Å²) < 4.78 is 0. The molecule has 0 fully saturated rings. The van der Waals surface area contributed by atoms with Gasteiger partial charge in [-0.15, -0.1) is 0 Å². The number of nitrogens with zero attached hydrogens (tertiary/aromatic N) is 1. The number of benzene rings is 1. The van der Waals surface area contributed by atoms with E-state index in [2.05, 4.69) is 0 Å². The summed E-state index contributed by atoms with van der Waals surface area (Å²) >= 11 is 5.88. The lowest BCUT2D eigenvalue weighted by atomic mass is 9.83. The molecular weight excluding hydrogens is 330 g/mol. The van der Waals surface area contributed by atoms with Crippen molar-refractivity contribution >= 4 is 29.8 Å². The highest BCUT2D eigenvalue weighted by atomic mass is 35.5. The molecule has 1 amide bonds. The molecule has 0 saturated heterocycles. The van der Waals surface area contributed by atoms with E-state index in [0.29, 0.717) is 36.5 Å². The van der Waals surface area contributed by atoms with E-state index in [9.17, 15) is 19.5 Å². The zero-order chi connectivity index (χ0) is 17.7. The standard InChI is InChI=1S/C18H20ClNO4/c1-12-17(18(23)24)15(13-5-7-14(19)8-6-13)11-16(22)20(12)9-3-2-4-10-21/h5-8,10,15H,2-4,9,11H2,1H3,(H,23,24)/t15-/m1/s1. The predicted molar refractivity (Wildman–Crippen MR) is 90.8 cm³/mol. The highest BCUT2D eigenvalue weighted by Crippen LogP contribution is 2.36. The van der Waals surface area contributed by atoms with Crippen LogP contribution in [0, 0.1) is 0 Å². The first-order valence-electron chi connectivity index (χ1n) is 7.89. The molecule has 0 aliphatic carbocycles. The normalized spacial score (nSPS) is 18.0. The fourth-order valence-corrected chi connectivity index (χ4v) is 3.17. The molecule has 0 radical (unpaired) electrons. The van der Waals surface area contributed by atoms with Gasteiger partial charge < -0.3 is 14.8 Å². The molecule has 1 aliphatic rings. The number of carbonyl (C=O) groups excluding carboxylic acids is 2. The van der Waals surface area contributed by atoms with Crippen LogP contribution >= 0.6 is 11.6 Å². The number of allylic oxidation sites excluding steroid dienone is 1. The van der Waals surface area contributed by atoms with Crippen LogP contribution in [0.5, 0.6) is 0 Å². The third-order valence-corrected chi connectivity index (χ3v) is 4.53. The average molecular weight is 350 g/mol. The van der Waals surface area contributed by atoms with Crippen LogP contribution in [0.25, 0.3) is 0 Å². The van der Waals surface area contributed by atoms with Gasteiger partial charge in [-0.25, -0.2) is 4.79 Å². The van der Waals surface area contributed by atoms with Crippen molar-refractivity contribution in [2.45, 2.75) is 38.5 Å². The summed E-state index contributed by atoms with van der Waals surface area (Å²) in [4.78, 5) is 36.2. The molecule has 0 saturated carbocycles. The lowest BCUT2D eigenvalue weighted by molar-refractivity contribution is -0.135. The minimum atomic E-state index is -1.02. The molecule has 5 nitrogen and oxygen atoms in total. The molecule has 2 rings (SSSR count). The lowest BCUT2D eigenvalue weighted by Gasteiger charge is -2.34. The molecule has 1 heterocycles. The first kappa shape index (κ1) is 18.2. The predicted octanol–water partition coefficient (Wildman–Crippen LogP) is 3.38. The summed E-state index contributed by atoms with van der Waals surface area (Å²) in [5, 5.41) is 10.2. The number of hydrogen-bond acceptors (Lipinski definition) is 3. The van der Waals surface area contributed by atoms with E-state index in [0.717, 1.165) is 11.8 Å². The quantitative estimate of drug-likeness (QED) is 0.605. The highest BCUT2D eigenvalue weighted by molar-refractivity contribution is 6.30. The Morgan fingerprint density at radius 3 is 2.58 bits per heavy atom. The van der Waals surface area contributed by atoms with Crippen LogP contribution in [0.3, 0.4) is 0 Å². The van der Waals surface area contributed by atoms with Gasteiger partial charge in [0.1, 0.15) is 6.29 Å². The van der Waals surface area contributed by atoms with Crippen LogP contribution in [-0.2, 0) is 14.4 Å². The van der Waals surface area contributed by atoms with Gasteiger partial charge in [0.15, 0.2) is 0 Å². The van der Waals surface area contributed by atoms with Crippen LogP contribution in [0.2, 0.25) is 5.02 Å². The molecule has 0 spiro atoms. The Bertz CT molecular complexity index is 666. The van der Waals surface area contributed by atoms with Gasteiger partial charge in [-0.1, -0.05) is 23.7 Å². The third-order valence-electron chi connectivity index (χ3n) is 4.28. The van der Waals surface area contributed by atoms with Gasteiger partial charge in [0.2, 0.25) is 5.91 Å². The summed E-state index contributed by atoms with van der Waals surface area (Å²) in [7, 11) is 0. The Labute approximate surface area is 145 Å². The number of carboxylic acid groups (broad SMARTS) is 1. The summed E-state index contributed by atoms with van der Waals surface area (Å²) in [5.41, 5.74) is 1.49. The van der Waals surface area contributed by atoms with Gasteiger partial charge in [-0.2, -0.15) is 0 Å². The van der Waals surface area contributed by atoms with Gasteiger partial charge in [0.25, 0.3) is 0 Å². The summed E-state index contributed by atoms with van der Waals surface area (Å²) in [6.07, 6.45) is 2.77. The number of halogens is 1. The van der Waals surface area contributed by atoms with Crippen LogP contribution in [0.4, 0.5) is 0 Å². The number of hydrogen-bond donors (Lipinski definition) is 1.